The summed E-state index contributed by atoms with van der Waals surface area (Å²) in [5.41, 5.74) is 7.15. The highest BCUT2D eigenvalue weighted by Crippen LogP contribution is 2.26. The lowest BCUT2D eigenvalue weighted by molar-refractivity contribution is -0.137. The first-order valence-electron chi connectivity index (χ1n) is 12.6. The lowest BCUT2D eigenvalue weighted by Gasteiger charge is -2.38. The number of carbonyl (C=O) groups is 3. The molecule has 1 saturated heterocycles. The number of hydrogen-bond acceptors (Lipinski definition) is 5. The normalized spacial score (nSPS) is 15.0. The molecule has 1 atom stereocenters. The van der Waals surface area contributed by atoms with Gasteiger partial charge in [0, 0.05) is 60.3 Å². The Hall–Kier alpha value is -2.61. The van der Waals surface area contributed by atoms with Crippen molar-refractivity contribution in [2.75, 3.05) is 31.1 Å². The molecule has 0 saturated carbocycles. The van der Waals surface area contributed by atoms with Crippen LogP contribution < -0.4 is 16.0 Å². The number of para-hydroxylation sites is 1. The Labute approximate surface area is 229 Å². The van der Waals surface area contributed by atoms with Crippen LogP contribution in [-0.4, -0.2) is 60.3 Å². The van der Waals surface area contributed by atoms with Crippen molar-refractivity contribution >= 4 is 46.5 Å². The van der Waals surface area contributed by atoms with Crippen LogP contribution in [0.5, 0.6) is 0 Å². The molecule has 9 heteroatoms. The number of Topliss-reactive ketones (excluding diaryl/α,β-unsaturated/α-hetero) is 1. The van der Waals surface area contributed by atoms with E-state index >= 15 is 0 Å². The summed E-state index contributed by atoms with van der Waals surface area (Å²) in [6, 6.07) is 11.9. The molecule has 1 fully saturated rings. The predicted octanol–water partition coefficient (Wildman–Crippen LogP) is 4.34. The van der Waals surface area contributed by atoms with Gasteiger partial charge in [-0.3, -0.25) is 14.4 Å². The summed E-state index contributed by atoms with van der Waals surface area (Å²) in [6.07, 6.45) is 0.699. The Kier molecular flexibility index (Phi) is 9.62. The first-order valence-corrected chi connectivity index (χ1v) is 13.3. The summed E-state index contributed by atoms with van der Waals surface area (Å²) in [5.74, 6) is -0.231. The molecule has 0 bridgehead atoms. The van der Waals surface area contributed by atoms with E-state index in [1.165, 1.54) is 0 Å². The quantitative estimate of drug-likeness (QED) is 0.456. The third-order valence-electron chi connectivity index (χ3n) is 6.36. The molecule has 2 aromatic rings. The molecule has 37 heavy (non-hydrogen) atoms. The van der Waals surface area contributed by atoms with Crippen molar-refractivity contribution in [1.82, 2.24) is 10.2 Å². The van der Waals surface area contributed by atoms with Crippen LogP contribution in [0.25, 0.3) is 0 Å². The monoisotopic (exact) mass is 546 g/mol. The minimum Gasteiger partial charge on any atom is -0.367 e. The number of piperazine rings is 1. The standard InChI is InChI=1S/C28H36Cl2N4O3/c1-18(2)15-25(35)21-7-5-6-8-24(21)33-11-13-34(14-12-33)26(36)23(32-27(37)28(3,4)31)16-19-9-10-20(29)17-22(19)30/h5-10,17-18,23H,11-16,31H2,1-4H3,(H,32,37)/t23-/m1/s1. The van der Waals surface area contributed by atoms with Gasteiger partial charge in [-0.2, -0.15) is 0 Å². The highest BCUT2D eigenvalue weighted by Gasteiger charge is 2.33. The van der Waals surface area contributed by atoms with Crippen molar-refractivity contribution in [2.45, 2.75) is 52.1 Å². The fourth-order valence-corrected chi connectivity index (χ4v) is 4.79. The molecule has 3 rings (SSSR count). The molecule has 7 nitrogen and oxygen atoms in total. The van der Waals surface area contributed by atoms with Crippen molar-refractivity contribution in [2.24, 2.45) is 11.7 Å². The molecule has 2 aromatic carbocycles. The third kappa shape index (κ3) is 7.69. The Bertz CT molecular complexity index is 1140. The molecule has 0 radical (unpaired) electrons. The minimum atomic E-state index is -1.15. The topological polar surface area (TPSA) is 95.7 Å². The zero-order valence-electron chi connectivity index (χ0n) is 21.9. The number of anilines is 1. The van der Waals surface area contributed by atoms with E-state index in [4.69, 9.17) is 28.9 Å². The van der Waals surface area contributed by atoms with Gasteiger partial charge in [0.25, 0.3) is 0 Å². The zero-order chi connectivity index (χ0) is 27.3. The van der Waals surface area contributed by atoms with Gasteiger partial charge in [-0.25, -0.2) is 0 Å². The van der Waals surface area contributed by atoms with Gasteiger partial charge in [-0.1, -0.05) is 55.2 Å². The van der Waals surface area contributed by atoms with Crippen LogP contribution in [0.3, 0.4) is 0 Å². The largest absolute Gasteiger partial charge is 0.367 e. The van der Waals surface area contributed by atoms with Crippen molar-refractivity contribution in [3.8, 4) is 0 Å². The lowest BCUT2D eigenvalue weighted by Crippen LogP contribution is -2.59. The van der Waals surface area contributed by atoms with Crippen LogP contribution >= 0.6 is 23.2 Å². The Morgan fingerprint density at radius 2 is 1.68 bits per heavy atom. The van der Waals surface area contributed by atoms with Gasteiger partial charge in [-0.05, 0) is 49.6 Å². The van der Waals surface area contributed by atoms with E-state index < -0.39 is 17.5 Å². The van der Waals surface area contributed by atoms with Crippen molar-refractivity contribution in [1.29, 1.82) is 0 Å². The maximum Gasteiger partial charge on any atom is 0.245 e. The molecule has 3 N–H and O–H groups in total. The van der Waals surface area contributed by atoms with E-state index in [-0.39, 0.29) is 24.0 Å². The van der Waals surface area contributed by atoms with Gasteiger partial charge >= 0.3 is 0 Å². The van der Waals surface area contributed by atoms with E-state index in [0.717, 1.165) is 5.69 Å². The molecule has 0 aromatic heterocycles. The van der Waals surface area contributed by atoms with Crippen molar-refractivity contribution in [3.05, 3.63) is 63.6 Å². The maximum absolute atomic E-state index is 13.6. The number of nitrogens with one attached hydrogen (secondary N) is 1. The second-order valence-electron chi connectivity index (χ2n) is 10.5. The number of benzene rings is 2. The predicted molar refractivity (Wildman–Crippen MR) is 149 cm³/mol. The van der Waals surface area contributed by atoms with E-state index in [0.29, 0.717) is 53.8 Å². The average molecular weight is 548 g/mol. The number of ketones is 1. The van der Waals surface area contributed by atoms with E-state index in [1.807, 2.05) is 38.1 Å². The highest BCUT2D eigenvalue weighted by molar-refractivity contribution is 6.35. The van der Waals surface area contributed by atoms with Crippen molar-refractivity contribution in [3.63, 3.8) is 0 Å². The molecule has 1 aliphatic heterocycles. The van der Waals surface area contributed by atoms with Crippen LogP contribution in [0.15, 0.2) is 42.5 Å². The third-order valence-corrected chi connectivity index (χ3v) is 6.94. The van der Waals surface area contributed by atoms with Crippen LogP contribution in [-0.2, 0) is 16.0 Å². The van der Waals surface area contributed by atoms with Crippen LogP contribution in [0.1, 0.15) is 50.0 Å². The summed E-state index contributed by atoms with van der Waals surface area (Å²) in [5, 5.41) is 3.75. The first-order chi connectivity index (χ1) is 17.4. The van der Waals surface area contributed by atoms with Gasteiger partial charge in [0.15, 0.2) is 5.78 Å². The molecule has 1 aliphatic rings. The summed E-state index contributed by atoms with van der Waals surface area (Å²) in [6.45, 7) is 9.31. The molecule has 0 aliphatic carbocycles. The van der Waals surface area contributed by atoms with Crippen LogP contribution in [0.2, 0.25) is 10.0 Å². The number of nitrogens with two attached hydrogens (primary N) is 1. The van der Waals surface area contributed by atoms with E-state index in [9.17, 15) is 14.4 Å². The molecule has 200 valence electrons. The Morgan fingerprint density at radius 3 is 2.27 bits per heavy atom. The summed E-state index contributed by atoms with van der Waals surface area (Å²) in [7, 11) is 0. The average Bonchev–Trinajstić information content (AvgIpc) is 2.83. The fourth-order valence-electron chi connectivity index (χ4n) is 4.31. The SMILES string of the molecule is CC(C)CC(=O)c1ccccc1N1CCN(C(=O)[C@@H](Cc2ccc(Cl)cc2Cl)NC(=O)C(C)(C)N)CC1. The smallest absolute Gasteiger partial charge is 0.245 e. The summed E-state index contributed by atoms with van der Waals surface area (Å²) in [4.78, 5) is 43.0. The second-order valence-corrected chi connectivity index (χ2v) is 11.4. The van der Waals surface area contributed by atoms with Gasteiger partial charge in [0.2, 0.25) is 11.8 Å². The summed E-state index contributed by atoms with van der Waals surface area (Å²) < 4.78 is 0. The number of hydrogen-bond donors (Lipinski definition) is 2. The second kappa shape index (κ2) is 12.3. The number of carbonyl (C=O) groups excluding carboxylic acids is 3. The van der Waals surface area contributed by atoms with E-state index in [2.05, 4.69) is 10.2 Å². The van der Waals surface area contributed by atoms with Crippen LogP contribution in [0.4, 0.5) is 5.69 Å². The Balaban J connectivity index is 1.75. The Morgan fingerprint density at radius 1 is 1.03 bits per heavy atom. The molecule has 0 unspecified atom stereocenters. The molecule has 2 amide bonds. The number of nitrogens with zero attached hydrogens (tertiary/aromatic N) is 2. The van der Waals surface area contributed by atoms with Crippen LogP contribution in [0, 0.1) is 5.92 Å². The molecular weight excluding hydrogens is 511 g/mol. The van der Waals surface area contributed by atoms with Crippen molar-refractivity contribution < 1.29 is 14.4 Å². The summed E-state index contributed by atoms with van der Waals surface area (Å²) >= 11 is 12.4. The minimum absolute atomic E-state index is 0.121. The molecule has 1 heterocycles. The zero-order valence-corrected chi connectivity index (χ0v) is 23.4. The van der Waals surface area contributed by atoms with Gasteiger partial charge < -0.3 is 20.9 Å². The molecule has 0 spiro atoms. The number of amides is 2. The number of halogens is 2. The maximum atomic E-state index is 13.6. The number of rotatable bonds is 9. The van der Waals surface area contributed by atoms with Gasteiger partial charge in [0.1, 0.15) is 6.04 Å². The van der Waals surface area contributed by atoms with E-state index in [1.54, 1.807) is 36.9 Å². The molecular formula is C28H36Cl2N4O3. The highest BCUT2D eigenvalue weighted by atomic mass is 35.5. The van der Waals surface area contributed by atoms with Gasteiger partial charge in [0.05, 0.1) is 5.54 Å². The van der Waals surface area contributed by atoms with Gasteiger partial charge in [-0.15, -0.1) is 0 Å². The lowest BCUT2D eigenvalue weighted by atomic mass is 9.99. The fraction of sp³-hybridized carbons (Fsp3) is 0.464. The first kappa shape index (κ1) is 29.0.